The Balaban J connectivity index is 2.15. The number of nitrogens with zero attached hydrogens (tertiary/aromatic N) is 2. The zero-order valence-corrected chi connectivity index (χ0v) is 15.1. The highest BCUT2D eigenvalue weighted by Gasteiger charge is 2.32. The van der Waals surface area contributed by atoms with Crippen LogP contribution < -0.4 is 0 Å². The number of piperidine rings is 1. The van der Waals surface area contributed by atoms with Gasteiger partial charge in [0, 0.05) is 25.2 Å². The van der Waals surface area contributed by atoms with E-state index >= 15 is 0 Å². The van der Waals surface area contributed by atoms with Crippen LogP contribution in [0.25, 0.3) is 0 Å². The first kappa shape index (κ1) is 19.8. The van der Waals surface area contributed by atoms with Crippen molar-refractivity contribution in [3.8, 4) is 0 Å². The molecule has 1 aliphatic heterocycles. The van der Waals surface area contributed by atoms with Gasteiger partial charge in [-0.05, 0) is 50.0 Å². The minimum absolute atomic E-state index is 0.0276. The van der Waals surface area contributed by atoms with Crippen molar-refractivity contribution in [1.82, 2.24) is 9.80 Å². The van der Waals surface area contributed by atoms with E-state index in [9.17, 15) is 18.0 Å². The molecule has 1 aliphatic rings. The van der Waals surface area contributed by atoms with Crippen molar-refractivity contribution in [3.63, 3.8) is 0 Å². The summed E-state index contributed by atoms with van der Waals surface area (Å²) >= 11 is 0. The summed E-state index contributed by atoms with van der Waals surface area (Å²) in [7, 11) is 1.69. The smallest absolute Gasteiger partial charge is 0.337 e. The summed E-state index contributed by atoms with van der Waals surface area (Å²) in [6.07, 6.45) is -0.881. The van der Waals surface area contributed by atoms with Crippen molar-refractivity contribution in [2.75, 3.05) is 26.7 Å². The van der Waals surface area contributed by atoms with Gasteiger partial charge in [0.1, 0.15) is 0 Å². The number of carbonyl (C=O) groups excluding carboxylic acids is 1. The van der Waals surface area contributed by atoms with E-state index < -0.39 is 11.7 Å². The first-order chi connectivity index (χ1) is 11.7. The summed E-state index contributed by atoms with van der Waals surface area (Å²) in [4.78, 5) is 16.7. The number of likely N-dealkylation sites (N-methyl/N-ethyl adjacent to an activating group) is 1. The van der Waals surface area contributed by atoms with Crippen LogP contribution in [0.5, 0.6) is 0 Å². The Kier molecular flexibility index (Phi) is 6.49. The monoisotopic (exact) mass is 356 g/mol. The summed E-state index contributed by atoms with van der Waals surface area (Å²) in [5, 5.41) is 0. The Labute approximate surface area is 147 Å². The van der Waals surface area contributed by atoms with Gasteiger partial charge in [0.05, 0.1) is 5.56 Å². The van der Waals surface area contributed by atoms with Gasteiger partial charge in [-0.25, -0.2) is 0 Å². The highest BCUT2D eigenvalue weighted by Crippen LogP contribution is 2.30. The molecule has 0 bridgehead atoms. The summed E-state index contributed by atoms with van der Waals surface area (Å²) in [6.45, 7) is 6.90. The minimum Gasteiger partial charge on any atom is -0.337 e. The largest absolute Gasteiger partial charge is 0.416 e. The van der Waals surface area contributed by atoms with Crippen LogP contribution in [0, 0.1) is 5.92 Å². The number of likely N-dealkylation sites (tertiary alicyclic amines) is 1. The zero-order chi connectivity index (χ0) is 18.6. The van der Waals surface area contributed by atoms with Crippen molar-refractivity contribution in [2.45, 2.75) is 45.3 Å². The third-order valence-electron chi connectivity index (χ3n) is 4.92. The molecule has 1 saturated heterocycles. The van der Waals surface area contributed by atoms with Gasteiger partial charge < -0.3 is 9.80 Å². The standard InChI is InChI=1S/C19H27F3N2O/c1-14(2)17(13-24-10-5-4-6-11-24)23(3)18(25)15-8-7-9-16(12-15)19(20,21)22/h7-9,12,14,17H,4-6,10-11,13H2,1-3H3/t17-/m1/s1. The van der Waals surface area contributed by atoms with Crippen LogP contribution in [0.1, 0.15) is 49.0 Å². The van der Waals surface area contributed by atoms with E-state index in [-0.39, 0.29) is 23.4 Å². The molecule has 0 unspecified atom stereocenters. The molecule has 0 N–H and O–H groups in total. The first-order valence-corrected chi connectivity index (χ1v) is 8.87. The predicted molar refractivity (Wildman–Crippen MR) is 92.5 cm³/mol. The topological polar surface area (TPSA) is 23.6 Å². The molecule has 1 aromatic carbocycles. The van der Waals surface area contributed by atoms with E-state index in [1.54, 1.807) is 11.9 Å². The molecule has 0 spiro atoms. The Morgan fingerprint density at radius 1 is 1.20 bits per heavy atom. The third-order valence-corrected chi connectivity index (χ3v) is 4.92. The molecule has 1 aromatic rings. The van der Waals surface area contributed by atoms with E-state index in [4.69, 9.17) is 0 Å². The molecule has 0 radical (unpaired) electrons. The van der Waals surface area contributed by atoms with Gasteiger partial charge in [0.2, 0.25) is 0 Å². The first-order valence-electron chi connectivity index (χ1n) is 8.87. The van der Waals surface area contributed by atoms with E-state index in [0.29, 0.717) is 0 Å². The normalized spacial score (nSPS) is 17.6. The molecule has 0 aliphatic carbocycles. The van der Waals surface area contributed by atoms with Gasteiger partial charge >= 0.3 is 6.18 Å². The van der Waals surface area contributed by atoms with E-state index in [2.05, 4.69) is 4.90 Å². The van der Waals surface area contributed by atoms with Crippen LogP contribution >= 0.6 is 0 Å². The third kappa shape index (κ3) is 5.21. The van der Waals surface area contributed by atoms with Gasteiger partial charge in [-0.1, -0.05) is 26.3 Å². The van der Waals surface area contributed by atoms with Gasteiger partial charge in [-0.3, -0.25) is 4.79 Å². The van der Waals surface area contributed by atoms with Crippen LogP contribution in [0.15, 0.2) is 24.3 Å². The van der Waals surface area contributed by atoms with Crippen molar-refractivity contribution in [1.29, 1.82) is 0 Å². The number of hydrogen-bond donors (Lipinski definition) is 0. The lowest BCUT2D eigenvalue weighted by Crippen LogP contribution is -2.48. The Hall–Kier alpha value is -1.56. The predicted octanol–water partition coefficient (Wildman–Crippen LogP) is 4.29. The lowest BCUT2D eigenvalue weighted by atomic mass is 9.99. The summed E-state index contributed by atoms with van der Waals surface area (Å²) in [5.41, 5.74) is -0.703. The highest BCUT2D eigenvalue weighted by molar-refractivity contribution is 5.94. The van der Waals surface area contributed by atoms with E-state index in [0.717, 1.165) is 44.6 Å². The van der Waals surface area contributed by atoms with Crippen molar-refractivity contribution >= 4 is 5.91 Å². The van der Waals surface area contributed by atoms with E-state index in [1.165, 1.54) is 18.6 Å². The minimum atomic E-state index is -4.44. The van der Waals surface area contributed by atoms with Crippen molar-refractivity contribution < 1.29 is 18.0 Å². The molecule has 1 fully saturated rings. The average molecular weight is 356 g/mol. The van der Waals surface area contributed by atoms with Gasteiger partial charge in [0.25, 0.3) is 5.91 Å². The van der Waals surface area contributed by atoms with Gasteiger partial charge in [-0.2, -0.15) is 13.2 Å². The number of benzene rings is 1. The molecular formula is C19H27F3N2O. The molecule has 1 amide bonds. The van der Waals surface area contributed by atoms with Crippen LogP contribution in [-0.4, -0.2) is 48.4 Å². The Bertz CT molecular complexity index is 580. The molecule has 2 rings (SSSR count). The summed E-state index contributed by atoms with van der Waals surface area (Å²) in [6, 6.07) is 4.65. The summed E-state index contributed by atoms with van der Waals surface area (Å²) < 4.78 is 38.7. The SMILES string of the molecule is CC(C)[C@@H](CN1CCCCC1)N(C)C(=O)c1cccc(C(F)(F)F)c1. The lowest BCUT2D eigenvalue weighted by molar-refractivity contribution is -0.137. The van der Waals surface area contributed by atoms with Crippen LogP contribution in [0.4, 0.5) is 13.2 Å². The maximum atomic E-state index is 12.9. The Morgan fingerprint density at radius 2 is 1.84 bits per heavy atom. The van der Waals surface area contributed by atoms with Crippen molar-refractivity contribution in [3.05, 3.63) is 35.4 Å². The molecule has 1 atom stereocenters. The fourth-order valence-corrected chi connectivity index (χ4v) is 3.37. The van der Waals surface area contributed by atoms with Crippen molar-refractivity contribution in [2.24, 2.45) is 5.92 Å². The quantitative estimate of drug-likeness (QED) is 0.786. The maximum Gasteiger partial charge on any atom is 0.416 e. The number of rotatable bonds is 5. The second kappa shape index (κ2) is 8.21. The number of carbonyl (C=O) groups is 1. The fourth-order valence-electron chi connectivity index (χ4n) is 3.37. The van der Waals surface area contributed by atoms with Crippen LogP contribution in [-0.2, 0) is 6.18 Å². The molecule has 140 valence electrons. The number of halogens is 3. The number of hydrogen-bond acceptors (Lipinski definition) is 2. The van der Waals surface area contributed by atoms with Gasteiger partial charge in [0.15, 0.2) is 0 Å². The molecule has 3 nitrogen and oxygen atoms in total. The lowest BCUT2D eigenvalue weighted by Gasteiger charge is -2.37. The average Bonchev–Trinajstić information content (AvgIpc) is 2.58. The zero-order valence-electron chi connectivity index (χ0n) is 15.1. The number of amides is 1. The van der Waals surface area contributed by atoms with Crippen LogP contribution in [0.2, 0.25) is 0 Å². The molecule has 25 heavy (non-hydrogen) atoms. The highest BCUT2D eigenvalue weighted by atomic mass is 19.4. The molecule has 0 aromatic heterocycles. The molecule has 6 heteroatoms. The summed E-state index contributed by atoms with van der Waals surface area (Å²) in [5.74, 6) is -0.136. The number of alkyl halides is 3. The molecule has 1 heterocycles. The van der Waals surface area contributed by atoms with E-state index in [1.807, 2.05) is 13.8 Å². The maximum absolute atomic E-state index is 12.9. The molecular weight excluding hydrogens is 329 g/mol. The van der Waals surface area contributed by atoms with Gasteiger partial charge in [-0.15, -0.1) is 0 Å². The second-order valence-corrected chi connectivity index (χ2v) is 7.17. The second-order valence-electron chi connectivity index (χ2n) is 7.17. The fraction of sp³-hybridized carbons (Fsp3) is 0.632. The van der Waals surface area contributed by atoms with Crippen LogP contribution in [0.3, 0.4) is 0 Å². The Morgan fingerprint density at radius 3 is 2.40 bits per heavy atom. The molecule has 0 saturated carbocycles.